The first-order valence-electron chi connectivity index (χ1n) is 9.61. The molecule has 0 aromatic heterocycles. The largest absolute Gasteiger partial charge is 0.300 e. The average Bonchev–Trinajstić information content (AvgIpc) is 2.54. The number of hydrogen-bond donors (Lipinski definition) is 0. The van der Waals surface area contributed by atoms with E-state index in [9.17, 15) is 8.42 Å². The van der Waals surface area contributed by atoms with E-state index < -0.39 is 10.0 Å². The Balaban J connectivity index is 1.70. The van der Waals surface area contributed by atoms with Crippen LogP contribution in [0.2, 0.25) is 0 Å². The molecular formula is C20H32N2O2S. The molecule has 2 aliphatic rings. The van der Waals surface area contributed by atoms with Gasteiger partial charge in [0, 0.05) is 19.1 Å². The first-order chi connectivity index (χ1) is 11.8. The predicted molar refractivity (Wildman–Crippen MR) is 102 cm³/mol. The van der Waals surface area contributed by atoms with Gasteiger partial charge in [0.25, 0.3) is 0 Å². The zero-order valence-electron chi connectivity index (χ0n) is 16.1. The van der Waals surface area contributed by atoms with Crippen molar-refractivity contribution in [1.82, 2.24) is 9.21 Å². The molecule has 25 heavy (non-hydrogen) atoms. The van der Waals surface area contributed by atoms with E-state index in [1.165, 1.54) is 25.9 Å². The van der Waals surface area contributed by atoms with Crippen LogP contribution in [0.1, 0.15) is 49.3 Å². The third-order valence-corrected chi connectivity index (χ3v) is 8.17. The second kappa shape index (κ2) is 7.37. The van der Waals surface area contributed by atoms with Crippen LogP contribution in [-0.4, -0.2) is 49.8 Å². The summed E-state index contributed by atoms with van der Waals surface area (Å²) in [4.78, 5) is 3.11. The maximum atomic E-state index is 13.2. The Kier molecular flexibility index (Phi) is 5.57. The molecule has 0 unspecified atom stereocenters. The van der Waals surface area contributed by atoms with E-state index in [0.717, 1.165) is 35.4 Å². The van der Waals surface area contributed by atoms with Gasteiger partial charge in [0.05, 0.1) is 4.90 Å². The van der Waals surface area contributed by atoms with Crippen molar-refractivity contribution in [2.75, 3.05) is 26.2 Å². The van der Waals surface area contributed by atoms with Crippen LogP contribution >= 0.6 is 0 Å². The van der Waals surface area contributed by atoms with Crippen molar-refractivity contribution in [2.45, 2.75) is 64.3 Å². The summed E-state index contributed by atoms with van der Waals surface area (Å²) in [7, 11) is -3.39. The molecular weight excluding hydrogens is 332 g/mol. The molecule has 2 aliphatic heterocycles. The van der Waals surface area contributed by atoms with Crippen molar-refractivity contribution < 1.29 is 8.42 Å². The van der Waals surface area contributed by atoms with E-state index in [0.29, 0.717) is 24.0 Å². The Morgan fingerprint density at radius 2 is 1.40 bits per heavy atom. The quantitative estimate of drug-likeness (QED) is 0.824. The fourth-order valence-electron chi connectivity index (χ4n) is 4.54. The monoisotopic (exact) mass is 364 g/mol. The summed E-state index contributed by atoms with van der Waals surface area (Å²) >= 11 is 0. The molecule has 1 aromatic rings. The Hall–Kier alpha value is -0.910. The smallest absolute Gasteiger partial charge is 0.243 e. The predicted octanol–water partition coefficient (Wildman–Crippen LogP) is 3.50. The van der Waals surface area contributed by atoms with Crippen LogP contribution in [0, 0.1) is 26.7 Å². The lowest BCUT2D eigenvalue weighted by molar-refractivity contribution is 0.101. The van der Waals surface area contributed by atoms with Crippen molar-refractivity contribution in [1.29, 1.82) is 0 Å². The van der Waals surface area contributed by atoms with Crippen LogP contribution in [0.3, 0.4) is 0 Å². The number of likely N-dealkylation sites (tertiary alicyclic amines) is 1. The molecule has 140 valence electrons. The minimum atomic E-state index is -3.39. The number of nitrogens with zero attached hydrogens (tertiary/aromatic N) is 2. The van der Waals surface area contributed by atoms with Crippen LogP contribution in [0.15, 0.2) is 17.0 Å². The highest BCUT2D eigenvalue weighted by Gasteiger charge is 2.34. The molecule has 1 aromatic carbocycles. The first kappa shape index (κ1) is 18.9. The molecule has 0 spiro atoms. The van der Waals surface area contributed by atoms with E-state index in [1.54, 1.807) is 4.31 Å². The summed E-state index contributed by atoms with van der Waals surface area (Å²) in [6.45, 7) is 11.8. The van der Waals surface area contributed by atoms with E-state index in [4.69, 9.17) is 0 Å². The molecule has 0 N–H and O–H groups in total. The number of hydrogen-bond acceptors (Lipinski definition) is 3. The van der Waals surface area contributed by atoms with Gasteiger partial charge in [0.2, 0.25) is 10.0 Å². The highest BCUT2D eigenvalue weighted by atomic mass is 32.2. The lowest BCUT2D eigenvalue weighted by atomic mass is 9.95. The SMILES string of the molecule is Cc1cc(C)c(S(=O)(=O)N2CCC(N3CCC(C)CC3)CC2)c(C)c1. The van der Waals surface area contributed by atoms with Gasteiger partial charge in [-0.1, -0.05) is 24.6 Å². The summed E-state index contributed by atoms with van der Waals surface area (Å²) in [6, 6.07) is 4.50. The van der Waals surface area contributed by atoms with Gasteiger partial charge in [-0.25, -0.2) is 8.42 Å². The van der Waals surface area contributed by atoms with Crippen LogP contribution in [-0.2, 0) is 10.0 Å². The average molecular weight is 365 g/mol. The fourth-order valence-corrected chi connectivity index (χ4v) is 6.43. The standard InChI is InChI=1S/C20H32N2O2S/c1-15-5-9-21(10-6-15)19-7-11-22(12-8-19)25(23,24)20-17(3)13-16(2)14-18(20)4/h13-15,19H,5-12H2,1-4H3. The maximum Gasteiger partial charge on any atom is 0.243 e. The van der Waals surface area contributed by atoms with Crippen LogP contribution < -0.4 is 0 Å². The third-order valence-electron chi connectivity index (χ3n) is 5.96. The lowest BCUT2D eigenvalue weighted by Gasteiger charge is -2.41. The van der Waals surface area contributed by atoms with Gasteiger partial charge in [0.15, 0.2) is 0 Å². The van der Waals surface area contributed by atoms with Gasteiger partial charge in [0.1, 0.15) is 0 Å². The normalized spacial score (nSPS) is 22.4. The molecule has 0 aliphatic carbocycles. The third kappa shape index (κ3) is 3.93. The Bertz CT molecular complexity index is 690. The molecule has 5 heteroatoms. The number of piperidine rings is 2. The summed E-state index contributed by atoms with van der Waals surface area (Å²) < 4.78 is 28.1. The molecule has 2 saturated heterocycles. The number of sulfonamides is 1. The van der Waals surface area contributed by atoms with Gasteiger partial charge in [-0.05, 0) is 76.6 Å². The first-order valence-corrected chi connectivity index (χ1v) is 11.0. The highest BCUT2D eigenvalue weighted by Crippen LogP contribution is 2.29. The Labute approximate surface area is 153 Å². The van der Waals surface area contributed by atoms with Crippen molar-refractivity contribution in [3.63, 3.8) is 0 Å². The highest BCUT2D eigenvalue weighted by molar-refractivity contribution is 7.89. The van der Waals surface area contributed by atoms with E-state index >= 15 is 0 Å². The van der Waals surface area contributed by atoms with Gasteiger partial charge in [-0.15, -0.1) is 0 Å². The summed E-state index contributed by atoms with van der Waals surface area (Å²) in [5.41, 5.74) is 2.85. The molecule has 4 nitrogen and oxygen atoms in total. The van der Waals surface area contributed by atoms with Gasteiger partial charge < -0.3 is 4.90 Å². The lowest BCUT2D eigenvalue weighted by Crippen LogP contribution is -2.48. The Morgan fingerprint density at radius 3 is 1.92 bits per heavy atom. The second-order valence-corrected chi connectivity index (χ2v) is 9.96. The fraction of sp³-hybridized carbons (Fsp3) is 0.700. The number of rotatable bonds is 3. The van der Waals surface area contributed by atoms with Gasteiger partial charge in [-0.2, -0.15) is 4.31 Å². The van der Waals surface area contributed by atoms with Crippen LogP contribution in [0.25, 0.3) is 0 Å². The number of aryl methyl sites for hydroxylation is 3. The van der Waals surface area contributed by atoms with E-state index in [-0.39, 0.29) is 0 Å². The minimum Gasteiger partial charge on any atom is -0.300 e. The van der Waals surface area contributed by atoms with Crippen molar-refractivity contribution in [3.8, 4) is 0 Å². The molecule has 0 saturated carbocycles. The zero-order valence-corrected chi connectivity index (χ0v) is 16.9. The topological polar surface area (TPSA) is 40.6 Å². The number of benzene rings is 1. The van der Waals surface area contributed by atoms with Gasteiger partial charge in [-0.3, -0.25) is 0 Å². The molecule has 0 radical (unpaired) electrons. The molecule has 0 amide bonds. The Morgan fingerprint density at radius 1 is 0.880 bits per heavy atom. The van der Waals surface area contributed by atoms with Gasteiger partial charge >= 0.3 is 0 Å². The summed E-state index contributed by atoms with van der Waals surface area (Å²) in [6.07, 6.45) is 4.47. The van der Waals surface area contributed by atoms with Crippen LogP contribution in [0.5, 0.6) is 0 Å². The van der Waals surface area contributed by atoms with Crippen LogP contribution in [0.4, 0.5) is 0 Å². The molecule has 2 fully saturated rings. The molecule has 2 heterocycles. The molecule has 0 atom stereocenters. The second-order valence-electron chi connectivity index (χ2n) is 8.08. The van der Waals surface area contributed by atoms with Crippen molar-refractivity contribution in [2.24, 2.45) is 5.92 Å². The molecule has 0 bridgehead atoms. The minimum absolute atomic E-state index is 0.517. The summed E-state index contributed by atoms with van der Waals surface area (Å²) in [5.74, 6) is 0.837. The van der Waals surface area contributed by atoms with E-state index in [1.807, 2.05) is 32.9 Å². The van der Waals surface area contributed by atoms with Crippen molar-refractivity contribution >= 4 is 10.0 Å². The molecule has 3 rings (SSSR count). The maximum absolute atomic E-state index is 13.2. The van der Waals surface area contributed by atoms with E-state index in [2.05, 4.69) is 11.8 Å². The van der Waals surface area contributed by atoms with Crippen molar-refractivity contribution in [3.05, 3.63) is 28.8 Å². The zero-order chi connectivity index (χ0) is 18.2. The summed E-state index contributed by atoms with van der Waals surface area (Å²) in [5, 5.41) is 0.